The number of piperidine rings is 1. The lowest BCUT2D eigenvalue weighted by atomic mass is 9.96. The molecule has 2 aromatic heterocycles. The number of carbonyl (C=O) groups excluding carboxylic acids is 1. The van der Waals surface area contributed by atoms with Crippen LogP contribution in [0.1, 0.15) is 24.2 Å². The lowest BCUT2D eigenvalue weighted by Gasteiger charge is -2.31. The maximum atomic E-state index is 12.8. The number of rotatable bonds is 4. The van der Waals surface area contributed by atoms with E-state index in [4.69, 9.17) is 0 Å². The van der Waals surface area contributed by atoms with Crippen molar-refractivity contribution in [3.63, 3.8) is 0 Å². The van der Waals surface area contributed by atoms with Crippen LogP contribution < -0.4 is 10.2 Å². The van der Waals surface area contributed by atoms with Crippen molar-refractivity contribution in [2.75, 3.05) is 23.3 Å². The molecule has 5 rings (SSSR count). The van der Waals surface area contributed by atoms with Crippen LogP contribution in [0, 0.1) is 19.8 Å². The Morgan fingerprint density at radius 2 is 1.69 bits per heavy atom. The molecule has 1 aliphatic heterocycles. The first-order chi connectivity index (χ1) is 15.5. The number of benzene rings is 2. The molecule has 0 atom stereocenters. The van der Waals surface area contributed by atoms with Crippen molar-refractivity contribution in [1.82, 2.24) is 15.0 Å². The Morgan fingerprint density at radius 1 is 0.969 bits per heavy atom. The molecule has 0 radical (unpaired) electrons. The average Bonchev–Trinajstić information content (AvgIpc) is 3.26. The van der Waals surface area contributed by atoms with Crippen molar-refractivity contribution in [3.8, 4) is 11.3 Å². The van der Waals surface area contributed by atoms with Crippen LogP contribution in [0.3, 0.4) is 0 Å². The van der Waals surface area contributed by atoms with E-state index in [2.05, 4.69) is 55.5 Å². The van der Waals surface area contributed by atoms with Crippen molar-refractivity contribution in [2.24, 2.45) is 5.92 Å². The van der Waals surface area contributed by atoms with Gasteiger partial charge in [-0.2, -0.15) is 0 Å². The summed E-state index contributed by atoms with van der Waals surface area (Å²) in [5.41, 5.74) is 3.89. The number of anilines is 2. The Balaban J connectivity index is 1.22. The zero-order valence-electron chi connectivity index (χ0n) is 18.2. The zero-order valence-corrected chi connectivity index (χ0v) is 19.0. The first kappa shape index (κ1) is 20.6. The van der Waals surface area contributed by atoms with Crippen LogP contribution in [-0.2, 0) is 4.79 Å². The van der Waals surface area contributed by atoms with Crippen LogP contribution in [0.4, 0.5) is 11.1 Å². The number of carbonyl (C=O) groups is 1. The Kier molecular flexibility index (Phi) is 5.57. The number of hydrogen-bond acceptors (Lipinski definition) is 6. The third-order valence-corrected chi connectivity index (χ3v) is 6.66. The molecule has 1 fully saturated rings. The van der Waals surface area contributed by atoms with Gasteiger partial charge < -0.3 is 10.2 Å². The fourth-order valence-corrected chi connectivity index (χ4v) is 4.93. The van der Waals surface area contributed by atoms with Crippen molar-refractivity contribution in [1.29, 1.82) is 0 Å². The fraction of sp³-hybridized carbons (Fsp3) is 0.280. The summed E-state index contributed by atoms with van der Waals surface area (Å²) in [7, 11) is 0. The molecule has 1 saturated heterocycles. The lowest BCUT2D eigenvalue weighted by Crippen LogP contribution is -2.39. The first-order valence-corrected chi connectivity index (χ1v) is 11.8. The molecule has 0 spiro atoms. The highest BCUT2D eigenvalue weighted by atomic mass is 32.1. The van der Waals surface area contributed by atoms with Gasteiger partial charge in [0.2, 0.25) is 11.9 Å². The summed E-state index contributed by atoms with van der Waals surface area (Å²) in [6, 6.07) is 16.6. The molecule has 2 aromatic carbocycles. The summed E-state index contributed by atoms with van der Waals surface area (Å²) >= 11 is 1.47. The molecule has 0 saturated carbocycles. The number of aryl methyl sites for hydroxylation is 2. The molecule has 6 nitrogen and oxygen atoms in total. The minimum atomic E-state index is -0.0230. The summed E-state index contributed by atoms with van der Waals surface area (Å²) in [6.07, 6.45) is 1.57. The van der Waals surface area contributed by atoms with E-state index in [9.17, 15) is 4.79 Å². The van der Waals surface area contributed by atoms with Crippen molar-refractivity contribution < 1.29 is 4.79 Å². The van der Waals surface area contributed by atoms with Crippen molar-refractivity contribution in [3.05, 3.63) is 65.3 Å². The standard InChI is InChI=1S/C25H25N5OS/c1-16-13-17(2)27-24(26-16)30-11-9-19(10-12-30)23(31)29-25-28-22(15-32-25)21-8-7-18-5-3-4-6-20(18)14-21/h3-8,13-15,19H,9-12H2,1-2H3,(H,28,29,31). The Morgan fingerprint density at radius 3 is 2.44 bits per heavy atom. The van der Waals surface area contributed by atoms with Crippen LogP contribution in [0.5, 0.6) is 0 Å². The number of aromatic nitrogens is 3. The third kappa shape index (κ3) is 4.34. The molecule has 162 valence electrons. The molecule has 3 heterocycles. The van der Waals surface area contributed by atoms with Crippen LogP contribution in [0.15, 0.2) is 53.9 Å². The van der Waals surface area contributed by atoms with Crippen LogP contribution in [0.2, 0.25) is 0 Å². The van der Waals surface area contributed by atoms with Gasteiger partial charge in [-0.05, 0) is 49.6 Å². The minimum Gasteiger partial charge on any atom is -0.341 e. The summed E-state index contributed by atoms with van der Waals surface area (Å²) in [5, 5.41) is 8.07. The first-order valence-electron chi connectivity index (χ1n) is 10.9. The molecule has 0 aliphatic carbocycles. The highest BCUT2D eigenvalue weighted by Crippen LogP contribution is 2.29. The van der Waals surface area contributed by atoms with Gasteiger partial charge in [0.05, 0.1) is 5.69 Å². The molecular weight excluding hydrogens is 418 g/mol. The van der Waals surface area contributed by atoms with Gasteiger partial charge in [-0.3, -0.25) is 4.79 Å². The number of nitrogens with one attached hydrogen (secondary N) is 1. The topological polar surface area (TPSA) is 71.0 Å². The zero-order chi connectivity index (χ0) is 22.1. The van der Waals surface area contributed by atoms with Gasteiger partial charge in [0.15, 0.2) is 5.13 Å². The normalized spacial score (nSPS) is 14.6. The Hall–Kier alpha value is -3.32. The maximum Gasteiger partial charge on any atom is 0.229 e. The molecule has 1 amide bonds. The van der Waals surface area contributed by atoms with E-state index in [0.29, 0.717) is 5.13 Å². The fourth-order valence-electron chi connectivity index (χ4n) is 4.21. The number of thiazole rings is 1. The highest BCUT2D eigenvalue weighted by molar-refractivity contribution is 7.14. The second-order valence-electron chi connectivity index (χ2n) is 8.30. The average molecular weight is 444 g/mol. The van der Waals surface area contributed by atoms with Crippen molar-refractivity contribution in [2.45, 2.75) is 26.7 Å². The van der Waals surface area contributed by atoms with Gasteiger partial charge in [-0.25, -0.2) is 15.0 Å². The summed E-state index contributed by atoms with van der Waals surface area (Å²) < 4.78 is 0. The van der Waals surface area contributed by atoms with E-state index < -0.39 is 0 Å². The van der Waals surface area contributed by atoms with E-state index in [1.807, 2.05) is 37.4 Å². The molecule has 4 aromatic rings. The predicted molar refractivity (Wildman–Crippen MR) is 130 cm³/mol. The maximum absolute atomic E-state index is 12.8. The Bertz CT molecular complexity index is 1260. The summed E-state index contributed by atoms with van der Waals surface area (Å²) in [4.78, 5) is 28.8. The molecular formula is C25H25N5OS. The summed E-state index contributed by atoms with van der Waals surface area (Å²) in [6.45, 7) is 5.53. The van der Waals surface area contributed by atoms with E-state index >= 15 is 0 Å². The molecule has 1 aliphatic rings. The van der Waals surface area contributed by atoms with Crippen LogP contribution >= 0.6 is 11.3 Å². The number of fused-ring (bicyclic) bond motifs is 1. The van der Waals surface area contributed by atoms with E-state index in [0.717, 1.165) is 54.5 Å². The second-order valence-corrected chi connectivity index (χ2v) is 9.16. The largest absolute Gasteiger partial charge is 0.341 e. The number of amides is 1. The van der Waals surface area contributed by atoms with Crippen LogP contribution in [-0.4, -0.2) is 33.9 Å². The highest BCUT2D eigenvalue weighted by Gasteiger charge is 2.27. The minimum absolute atomic E-state index is 0.0230. The summed E-state index contributed by atoms with van der Waals surface area (Å²) in [5.74, 6) is 0.789. The molecule has 0 unspecified atom stereocenters. The van der Waals surface area contributed by atoms with Gasteiger partial charge in [-0.15, -0.1) is 11.3 Å². The lowest BCUT2D eigenvalue weighted by molar-refractivity contribution is -0.120. The molecule has 32 heavy (non-hydrogen) atoms. The third-order valence-electron chi connectivity index (χ3n) is 5.90. The molecule has 1 N–H and O–H groups in total. The molecule has 0 bridgehead atoms. The van der Waals surface area contributed by atoms with Gasteiger partial charge >= 0.3 is 0 Å². The van der Waals surface area contributed by atoms with Crippen LogP contribution in [0.25, 0.3) is 22.0 Å². The Labute approximate surface area is 191 Å². The van der Waals surface area contributed by atoms with E-state index in [-0.39, 0.29) is 11.8 Å². The van der Waals surface area contributed by atoms with Gasteiger partial charge in [0.25, 0.3) is 0 Å². The number of nitrogens with zero attached hydrogens (tertiary/aromatic N) is 4. The number of hydrogen-bond donors (Lipinski definition) is 1. The molecule has 7 heteroatoms. The van der Waals surface area contributed by atoms with E-state index in [1.54, 1.807) is 0 Å². The van der Waals surface area contributed by atoms with Gasteiger partial charge in [0, 0.05) is 41.3 Å². The monoisotopic (exact) mass is 443 g/mol. The quantitative estimate of drug-likeness (QED) is 0.468. The van der Waals surface area contributed by atoms with Gasteiger partial charge in [0.1, 0.15) is 0 Å². The predicted octanol–water partition coefficient (Wildman–Crippen LogP) is 5.23. The SMILES string of the molecule is Cc1cc(C)nc(N2CCC(C(=O)Nc3nc(-c4ccc5ccccc5c4)cs3)CC2)n1. The second kappa shape index (κ2) is 8.67. The van der Waals surface area contributed by atoms with E-state index in [1.165, 1.54) is 22.1 Å². The van der Waals surface area contributed by atoms with Crippen molar-refractivity contribution >= 4 is 39.1 Å². The van der Waals surface area contributed by atoms with Gasteiger partial charge in [-0.1, -0.05) is 36.4 Å². The smallest absolute Gasteiger partial charge is 0.229 e.